The number of fused-ring (bicyclic) bond motifs is 2. The number of nitrogens with one attached hydrogen (secondary N) is 1. The second kappa shape index (κ2) is 9.44. The minimum absolute atomic E-state index is 0.155. The first-order valence-electron chi connectivity index (χ1n) is 10.6. The van der Waals surface area contributed by atoms with E-state index in [2.05, 4.69) is 34.6 Å². The number of methoxy groups -OCH3 is 2. The Bertz CT molecular complexity index is 1470. The van der Waals surface area contributed by atoms with Gasteiger partial charge < -0.3 is 14.8 Å². The third kappa shape index (κ3) is 4.40. The molecule has 7 nitrogen and oxygen atoms in total. The van der Waals surface area contributed by atoms with Gasteiger partial charge in [-0.3, -0.25) is 4.79 Å². The smallest absolute Gasteiger partial charge is 0.234 e. The summed E-state index contributed by atoms with van der Waals surface area (Å²) >= 11 is 1.36. The van der Waals surface area contributed by atoms with E-state index in [0.29, 0.717) is 17.2 Å². The van der Waals surface area contributed by atoms with Gasteiger partial charge in [-0.1, -0.05) is 54.2 Å². The van der Waals surface area contributed by atoms with E-state index in [1.165, 1.54) is 11.8 Å². The lowest BCUT2D eigenvalue weighted by atomic mass is 10.0. The number of thioether (sulfide) groups is 1. The largest absolute Gasteiger partial charge is 0.497 e. The number of nitrogens with zero attached hydrogens (tertiary/aromatic N) is 3. The number of ether oxygens (including phenoxy) is 2. The number of amides is 1. The molecule has 0 aliphatic heterocycles. The van der Waals surface area contributed by atoms with E-state index in [-0.39, 0.29) is 11.7 Å². The summed E-state index contributed by atoms with van der Waals surface area (Å²) in [5.74, 6) is 1.25. The van der Waals surface area contributed by atoms with Gasteiger partial charge in [0.1, 0.15) is 16.5 Å². The fourth-order valence-electron chi connectivity index (χ4n) is 3.80. The van der Waals surface area contributed by atoms with Crippen molar-refractivity contribution in [1.82, 2.24) is 14.6 Å². The van der Waals surface area contributed by atoms with Crippen LogP contribution >= 0.6 is 11.8 Å². The van der Waals surface area contributed by atoms with Gasteiger partial charge in [0, 0.05) is 41.8 Å². The fourth-order valence-corrected chi connectivity index (χ4v) is 4.58. The summed E-state index contributed by atoms with van der Waals surface area (Å²) in [6, 6.07) is 21.7. The molecule has 2 aromatic heterocycles. The van der Waals surface area contributed by atoms with Crippen LogP contribution < -0.4 is 14.8 Å². The highest BCUT2D eigenvalue weighted by Gasteiger charge is 2.13. The number of benzene rings is 3. The fraction of sp³-hybridized carbons (Fsp3) is 0.115. The summed E-state index contributed by atoms with van der Waals surface area (Å²) in [6.45, 7) is 0. The molecular weight excluding hydrogens is 448 g/mol. The average molecular weight is 471 g/mol. The van der Waals surface area contributed by atoms with E-state index in [1.54, 1.807) is 43.1 Å². The van der Waals surface area contributed by atoms with E-state index in [1.807, 2.05) is 30.5 Å². The Hall–Kier alpha value is -4.04. The van der Waals surface area contributed by atoms with Crippen LogP contribution in [-0.4, -0.2) is 40.5 Å². The van der Waals surface area contributed by atoms with Crippen molar-refractivity contribution in [2.45, 2.75) is 5.03 Å². The molecule has 0 saturated carbocycles. The highest BCUT2D eigenvalue weighted by Crippen LogP contribution is 2.31. The SMILES string of the molecule is COc1cc(NC(=O)CSc2nccn3nc(-c4cccc5ccccc45)cc23)cc(OC)c1. The van der Waals surface area contributed by atoms with Crippen LogP contribution in [0.2, 0.25) is 0 Å². The van der Waals surface area contributed by atoms with Crippen molar-refractivity contribution in [2.24, 2.45) is 0 Å². The zero-order valence-corrected chi connectivity index (χ0v) is 19.5. The average Bonchev–Trinajstić information content (AvgIpc) is 3.31. The molecule has 0 saturated heterocycles. The molecule has 0 aliphatic rings. The Labute approximate surface area is 200 Å². The maximum Gasteiger partial charge on any atom is 0.234 e. The first-order valence-corrected chi connectivity index (χ1v) is 11.6. The molecule has 1 amide bonds. The number of hydrogen-bond donors (Lipinski definition) is 1. The molecule has 0 spiro atoms. The maximum absolute atomic E-state index is 12.6. The van der Waals surface area contributed by atoms with Crippen molar-refractivity contribution in [3.8, 4) is 22.8 Å². The Morgan fingerprint density at radius 3 is 2.56 bits per heavy atom. The number of rotatable bonds is 7. The van der Waals surface area contributed by atoms with Crippen LogP contribution in [0.4, 0.5) is 5.69 Å². The van der Waals surface area contributed by atoms with Gasteiger partial charge >= 0.3 is 0 Å². The van der Waals surface area contributed by atoms with Crippen molar-refractivity contribution in [2.75, 3.05) is 25.3 Å². The van der Waals surface area contributed by atoms with Crippen molar-refractivity contribution >= 4 is 39.6 Å². The maximum atomic E-state index is 12.6. The van der Waals surface area contributed by atoms with Crippen molar-refractivity contribution in [3.63, 3.8) is 0 Å². The molecule has 0 aliphatic carbocycles. The van der Waals surface area contributed by atoms with Crippen LogP contribution in [0.1, 0.15) is 0 Å². The second-order valence-corrected chi connectivity index (χ2v) is 8.52. The minimum atomic E-state index is -0.155. The molecule has 0 atom stereocenters. The normalized spacial score (nSPS) is 11.0. The molecule has 2 heterocycles. The number of carbonyl (C=O) groups excluding carboxylic acids is 1. The first kappa shape index (κ1) is 21.8. The molecule has 0 fully saturated rings. The first-order chi connectivity index (χ1) is 16.6. The standard InChI is InChI=1S/C26H22N4O3S/c1-32-19-12-18(13-20(14-19)33-2)28-25(31)16-34-26-24-15-23(29-30(24)11-10-27-26)22-9-5-7-17-6-3-4-8-21(17)22/h3-15H,16H2,1-2H3,(H,28,31). The second-order valence-electron chi connectivity index (χ2n) is 7.56. The van der Waals surface area contributed by atoms with Crippen molar-refractivity contribution < 1.29 is 14.3 Å². The van der Waals surface area contributed by atoms with Crippen LogP contribution in [0.5, 0.6) is 11.5 Å². The highest BCUT2D eigenvalue weighted by molar-refractivity contribution is 8.00. The summed E-state index contributed by atoms with van der Waals surface area (Å²) in [5.41, 5.74) is 3.38. The molecule has 5 rings (SSSR count). The van der Waals surface area contributed by atoms with E-state index in [9.17, 15) is 4.79 Å². The van der Waals surface area contributed by atoms with Crippen molar-refractivity contribution in [3.05, 3.63) is 79.1 Å². The summed E-state index contributed by atoms with van der Waals surface area (Å²) in [6.07, 6.45) is 3.51. The molecule has 5 aromatic rings. The molecule has 170 valence electrons. The van der Waals surface area contributed by atoms with Gasteiger partial charge in [-0.2, -0.15) is 5.10 Å². The molecule has 0 bridgehead atoms. The predicted octanol–water partition coefficient (Wildman–Crippen LogP) is 5.30. The predicted molar refractivity (Wildman–Crippen MR) is 135 cm³/mol. The van der Waals surface area contributed by atoms with Crippen LogP contribution in [0.25, 0.3) is 27.5 Å². The van der Waals surface area contributed by atoms with Crippen LogP contribution in [0, 0.1) is 0 Å². The van der Waals surface area contributed by atoms with Gasteiger partial charge in [-0.05, 0) is 16.8 Å². The minimum Gasteiger partial charge on any atom is -0.497 e. The third-order valence-corrected chi connectivity index (χ3v) is 6.39. The van der Waals surface area contributed by atoms with Gasteiger partial charge in [-0.25, -0.2) is 9.50 Å². The monoisotopic (exact) mass is 470 g/mol. The molecular formula is C26H22N4O3S. The lowest BCUT2D eigenvalue weighted by Crippen LogP contribution is -2.14. The zero-order valence-electron chi connectivity index (χ0n) is 18.7. The lowest BCUT2D eigenvalue weighted by Gasteiger charge is -2.10. The van der Waals surface area contributed by atoms with Crippen LogP contribution in [0.3, 0.4) is 0 Å². The van der Waals surface area contributed by atoms with Gasteiger partial charge in [0.15, 0.2) is 0 Å². The molecule has 3 aromatic carbocycles. The lowest BCUT2D eigenvalue weighted by molar-refractivity contribution is -0.113. The summed E-state index contributed by atoms with van der Waals surface area (Å²) < 4.78 is 12.3. The van der Waals surface area contributed by atoms with Gasteiger partial charge in [-0.15, -0.1) is 0 Å². The highest BCUT2D eigenvalue weighted by atomic mass is 32.2. The molecule has 0 unspecified atom stereocenters. The zero-order chi connectivity index (χ0) is 23.5. The Kier molecular flexibility index (Phi) is 6.05. The summed E-state index contributed by atoms with van der Waals surface area (Å²) in [5, 5.41) is 10.7. The summed E-state index contributed by atoms with van der Waals surface area (Å²) in [7, 11) is 3.14. The van der Waals surface area contributed by atoms with Crippen molar-refractivity contribution in [1.29, 1.82) is 0 Å². The molecule has 34 heavy (non-hydrogen) atoms. The molecule has 0 radical (unpaired) electrons. The number of aromatic nitrogens is 3. The Balaban J connectivity index is 1.37. The van der Waals surface area contributed by atoms with E-state index < -0.39 is 0 Å². The summed E-state index contributed by atoms with van der Waals surface area (Å²) in [4.78, 5) is 17.1. The Morgan fingerprint density at radius 1 is 1.00 bits per heavy atom. The number of anilines is 1. The molecule has 8 heteroatoms. The van der Waals surface area contributed by atoms with E-state index >= 15 is 0 Å². The van der Waals surface area contributed by atoms with E-state index in [0.717, 1.165) is 32.6 Å². The number of hydrogen-bond acceptors (Lipinski definition) is 6. The molecule has 1 N–H and O–H groups in total. The van der Waals surface area contributed by atoms with Gasteiger partial charge in [0.25, 0.3) is 0 Å². The van der Waals surface area contributed by atoms with Gasteiger partial charge in [0.2, 0.25) is 5.91 Å². The topological polar surface area (TPSA) is 77.8 Å². The third-order valence-electron chi connectivity index (χ3n) is 5.40. The van der Waals surface area contributed by atoms with Gasteiger partial charge in [0.05, 0.1) is 31.2 Å². The van der Waals surface area contributed by atoms with Crippen LogP contribution in [-0.2, 0) is 4.79 Å². The Morgan fingerprint density at radius 2 is 1.76 bits per heavy atom. The van der Waals surface area contributed by atoms with E-state index in [4.69, 9.17) is 14.6 Å². The van der Waals surface area contributed by atoms with Crippen LogP contribution in [0.15, 0.2) is 84.1 Å². The number of carbonyl (C=O) groups is 1. The quantitative estimate of drug-likeness (QED) is 0.325.